The van der Waals surface area contributed by atoms with E-state index in [9.17, 15) is 0 Å². The molecule has 2 rings (SSSR count). The molecule has 17 heavy (non-hydrogen) atoms. The second kappa shape index (κ2) is 5.19. The highest BCUT2D eigenvalue weighted by Gasteiger charge is 2.25. The first-order valence-corrected chi connectivity index (χ1v) is 6.52. The van der Waals surface area contributed by atoms with E-state index in [2.05, 4.69) is 24.0 Å². The SMILES string of the molecule is Cc1c(C(CN)N(C)CC2CCC2)cnn1C. The van der Waals surface area contributed by atoms with Crippen LogP contribution in [-0.2, 0) is 7.05 Å². The molecule has 1 aromatic rings. The van der Waals surface area contributed by atoms with Crippen LogP contribution in [0.15, 0.2) is 6.20 Å². The van der Waals surface area contributed by atoms with Crippen molar-refractivity contribution < 1.29 is 0 Å². The molecule has 0 bridgehead atoms. The molecule has 1 saturated carbocycles. The Bertz CT molecular complexity index is 367. The summed E-state index contributed by atoms with van der Waals surface area (Å²) in [5.41, 5.74) is 8.44. The van der Waals surface area contributed by atoms with Crippen molar-refractivity contribution in [2.75, 3.05) is 20.1 Å². The van der Waals surface area contributed by atoms with Gasteiger partial charge in [0.15, 0.2) is 0 Å². The zero-order valence-electron chi connectivity index (χ0n) is 11.2. The number of nitrogens with zero attached hydrogens (tertiary/aromatic N) is 3. The lowest BCUT2D eigenvalue weighted by Crippen LogP contribution is -2.36. The van der Waals surface area contributed by atoms with Gasteiger partial charge in [0.25, 0.3) is 0 Å². The van der Waals surface area contributed by atoms with Gasteiger partial charge in [-0.05, 0) is 32.7 Å². The number of hydrogen-bond acceptors (Lipinski definition) is 3. The molecule has 1 heterocycles. The van der Waals surface area contributed by atoms with E-state index in [4.69, 9.17) is 5.73 Å². The maximum atomic E-state index is 5.94. The fourth-order valence-corrected chi connectivity index (χ4v) is 2.60. The molecule has 0 spiro atoms. The van der Waals surface area contributed by atoms with E-state index in [0.29, 0.717) is 12.6 Å². The Kier molecular flexibility index (Phi) is 3.84. The number of likely N-dealkylation sites (N-methyl/N-ethyl adjacent to an activating group) is 1. The van der Waals surface area contributed by atoms with E-state index >= 15 is 0 Å². The van der Waals surface area contributed by atoms with Crippen LogP contribution in [0.25, 0.3) is 0 Å². The number of nitrogens with two attached hydrogens (primary N) is 1. The number of aryl methyl sites for hydroxylation is 1. The van der Waals surface area contributed by atoms with Gasteiger partial charge in [0.05, 0.1) is 12.2 Å². The van der Waals surface area contributed by atoms with Crippen LogP contribution in [0.4, 0.5) is 0 Å². The monoisotopic (exact) mass is 236 g/mol. The summed E-state index contributed by atoms with van der Waals surface area (Å²) in [6.07, 6.45) is 6.13. The van der Waals surface area contributed by atoms with Gasteiger partial charge in [0.2, 0.25) is 0 Å². The Morgan fingerprint density at radius 3 is 2.71 bits per heavy atom. The summed E-state index contributed by atoms with van der Waals surface area (Å²) in [5.74, 6) is 0.881. The zero-order valence-corrected chi connectivity index (χ0v) is 11.2. The molecule has 0 amide bonds. The quantitative estimate of drug-likeness (QED) is 0.842. The van der Waals surface area contributed by atoms with Gasteiger partial charge in [0.1, 0.15) is 0 Å². The number of hydrogen-bond donors (Lipinski definition) is 1. The lowest BCUT2D eigenvalue weighted by Gasteiger charge is -2.34. The largest absolute Gasteiger partial charge is 0.329 e. The van der Waals surface area contributed by atoms with Crippen molar-refractivity contribution in [2.24, 2.45) is 18.7 Å². The van der Waals surface area contributed by atoms with Crippen molar-refractivity contribution in [1.82, 2.24) is 14.7 Å². The average molecular weight is 236 g/mol. The summed E-state index contributed by atoms with van der Waals surface area (Å²) in [5, 5.41) is 4.32. The van der Waals surface area contributed by atoms with Gasteiger partial charge in [-0.25, -0.2) is 0 Å². The number of aromatic nitrogens is 2. The zero-order chi connectivity index (χ0) is 12.4. The van der Waals surface area contributed by atoms with Crippen molar-refractivity contribution in [3.05, 3.63) is 17.5 Å². The lowest BCUT2D eigenvalue weighted by molar-refractivity contribution is 0.164. The first kappa shape index (κ1) is 12.6. The molecule has 0 aliphatic heterocycles. The van der Waals surface area contributed by atoms with E-state index in [1.807, 2.05) is 17.9 Å². The molecule has 96 valence electrons. The minimum absolute atomic E-state index is 0.310. The van der Waals surface area contributed by atoms with E-state index in [-0.39, 0.29) is 0 Å². The van der Waals surface area contributed by atoms with E-state index in [1.54, 1.807) is 0 Å². The predicted molar refractivity (Wildman–Crippen MR) is 69.7 cm³/mol. The van der Waals surface area contributed by atoms with E-state index in [0.717, 1.165) is 12.5 Å². The van der Waals surface area contributed by atoms with Crippen LogP contribution in [0.2, 0.25) is 0 Å². The molecule has 0 radical (unpaired) electrons. The minimum atomic E-state index is 0.310. The molecule has 4 nitrogen and oxygen atoms in total. The first-order valence-electron chi connectivity index (χ1n) is 6.52. The molecule has 1 aromatic heterocycles. The molecule has 2 N–H and O–H groups in total. The smallest absolute Gasteiger partial charge is 0.0540 e. The molecule has 1 aliphatic rings. The third-order valence-electron chi connectivity index (χ3n) is 4.16. The van der Waals surface area contributed by atoms with Crippen molar-refractivity contribution >= 4 is 0 Å². The van der Waals surface area contributed by atoms with Crippen LogP contribution in [0.5, 0.6) is 0 Å². The van der Waals surface area contributed by atoms with Gasteiger partial charge in [-0.2, -0.15) is 5.10 Å². The molecule has 1 aliphatic carbocycles. The fourth-order valence-electron chi connectivity index (χ4n) is 2.60. The van der Waals surface area contributed by atoms with Crippen LogP contribution < -0.4 is 5.73 Å². The van der Waals surface area contributed by atoms with Gasteiger partial charge in [0, 0.05) is 31.4 Å². The van der Waals surface area contributed by atoms with Gasteiger partial charge in [-0.1, -0.05) is 6.42 Å². The highest BCUT2D eigenvalue weighted by molar-refractivity contribution is 5.21. The molecule has 1 fully saturated rings. The summed E-state index contributed by atoms with van der Waals surface area (Å²) in [6.45, 7) is 3.94. The van der Waals surface area contributed by atoms with Crippen LogP contribution in [0.3, 0.4) is 0 Å². The molecular weight excluding hydrogens is 212 g/mol. The Balaban J connectivity index is 2.06. The Hall–Kier alpha value is -0.870. The Labute approximate surface area is 104 Å². The van der Waals surface area contributed by atoms with Gasteiger partial charge in [-0.15, -0.1) is 0 Å². The van der Waals surface area contributed by atoms with Crippen LogP contribution in [0.1, 0.15) is 36.6 Å². The second-order valence-corrected chi connectivity index (χ2v) is 5.30. The minimum Gasteiger partial charge on any atom is -0.329 e. The van der Waals surface area contributed by atoms with Crippen molar-refractivity contribution in [2.45, 2.75) is 32.2 Å². The predicted octanol–water partition coefficient (Wildman–Crippen LogP) is 1.46. The molecule has 0 aromatic carbocycles. The van der Waals surface area contributed by atoms with Crippen LogP contribution in [-0.4, -0.2) is 34.8 Å². The standard InChI is InChI=1S/C13H24N4/c1-10-12(8-15-17(10)3)13(7-14)16(2)9-11-5-4-6-11/h8,11,13H,4-7,9,14H2,1-3H3. The van der Waals surface area contributed by atoms with Crippen molar-refractivity contribution in [3.63, 3.8) is 0 Å². The van der Waals surface area contributed by atoms with E-state index < -0.39 is 0 Å². The third kappa shape index (κ3) is 2.53. The lowest BCUT2D eigenvalue weighted by atomic mass is 9.85. The number of rotatable bonds is 5. The van der Waals surface area contributed by atoms with Gasteiger partial charge < -0.3 is 5.73 Å². The molecule has 0 saturated heterocycles. The normalized spacial score (nSPS) is 18.4. The molecule has 4 heteroatoms. The first-order chi connectivity index (χ1) is 8.13. The fraction of sp³-hybridized carbons (Fsp3) is 0.769. The maximum Gasteiger partial charge on any atom is 0.0540 e. The molecular formula is C13H24N4. The van der Waals surface area contributed by atoms with Gasteiger partial charge >= 0.3 is 0 Å². The third-order valence-corrected chi connectivity index (χ3v) is 4.16. The average Bonchev–Trinajstić information content (AvgIpc) is 2.57. The molecule has 1 atom stereocenters. The second-order valence-electron chi connectivity index (χ2n) is 5.30. The Morgan fingerprint density at radius 1 is 1.59 bits per heavy atom. The maximum absolute atomic E-state index is 5.94. The van der Waals surface area contributed by atoms with Crippen molar-refractivity contribution in [3.8, 4) is 0 Å². The highest BCUT2D eigenvalue weighted by Crippen LogP contribution is 2.30. The summed E-state index contributed by atoms with van der Waals surface area (Å²) in [7, 11) is 4.17. The summed E-state index contributed by atoms with van der Waals surface area (Å²) in [6, 6.07) is 0.310. The van der Waals surface area contributed by atoms with Crippen LogP contribution in [0, 0.1) is 12.8 Å². The Morgan fingerprint density at radius 2 is 2.29 bits per heavy atom. The summed E-state index contributed by atoms with van der Waals surface area (Å²) in [4.78, 5) is 2.40. The van der Waals surface area contributed by atoms with Crippen LogP contribution >= 0.6 is 0 Å². The van der Waals surface area contributed by atoms with Crippen molar-refractivity contribution in [1.29, 1.82) is 0 Å². The van der Waals surface area contributed by atoms with Gasteiger partial charge in [-0.3, -0.25) is 9.58 Å². The highest BCUT2D eigenvalue weighted by atomic mass is 15.3. The summed E-state index contributed by atoms with van der Waals surface area (Å²) >= 11 is 0. The topological polar surface area (TPSA) is 47.1 Å². The van der Waals surface area contributed by atoms with E-state index in [1.165, 1.54) is 30.5 Å². The summed E-state index contributed by atoms with van der Waals surface area (Å²) < 4.78 is 1.93. The molecule has 1 unspecified atom stereocenters.